The quantitative estimate of drug-likeness (QED) is 0.370. The summed E-state index contributed by atoms with van der Waals surface area (Å²) in [6.45, 7) is 10.1. The standard InChI is InChI=1S/C30H38N4O7/c1-6-40-25-13-19-15-34(28(31)20(19)14-21(25)29(38)32-5)16-24(35)18-11-22(30(2,3)4)27(41-17-26(36)37)23(12-18)33-7-9-39-10-8-33/h11-14,31H,6-10,15-17H2,1-5H3,(H,32,38)(H,36,37). The molecule has 1 amide bonds. The number of hydrogen-bond acceptors (Lipinski definition) is 8. The van der Waals surface area contributed by atoms with Crippen LogP contribution in [0.3, 0.4) is 0 Å². The van der Waals surface area contributed by atoms with Crippen molar-refractivity contribution in [2.45, 2.75) is 39.7 Å². The van der Waals surface area contributed by atoms with Crippen molar-refractivity contribution < 1.29 is 33.7 Å². The molecule has 1 fully saturated rings. The number of carbonyl (C=O) groups is 3. The molecule has 0 saturated carbocycles. The molecule has 1 saturated heterocycles. The lowest BCUT2D eigenvalue weighted by Gasteiger charge is -2.33. The van der Waals surface area contributed by atoms with Gasteiger partial charge in [0.15, 0.2) is 12.4 Å². The predicted octanol–water partition coefficient (Wildman–Crippen LogP) is 3.07. The van der Waals surface area contributed by atoms with Crippen molar-refractivity contribution in [2.75, 3.05) is 58.0 Å². The van der Waals surface area contributed by atoms with Crippen LogP contribution in [0.5, 0.6) is 11.5 Å². The molecular formula is C30H38N4O7. The van der Waals surface area contributed by atoms with E-state index in [1.165, 1.54) is 7.05 Å². The third kappa shape index (κ3) is 6.45. The fourth-order valence-electron chi connectivity index (χ4n) is 5.07. The van der Waals surface area contributed by atoms with E-state index in [4.69, 9.17) is 19.6 Å². The Kier molecular flexibility index (Phi) is 8.86. The van der Waals surface area contributed by atoms with Gasteiger partial charge in [-0.25, -0.2) is 4.79 Å². The molecule has 0 aliphatic carbocycles. The van der Waals surface area contributed by atoms with Crippen LogP contribution in [0, 0.1) is 5.41 Å². The van der Waals surface area contributed by atoms with Gasteiger partial charge >= 0.3 is 5.97 Å². The zero-order valence-corrected chi connectivity index (χ0v) is 24.3. The van der Waals surface area contributed by atoms with Gasteiger partial charge in [0, 0.05) is 43.4 Å². The lowest BCUT2D eigenvalue weighted by molar-refractivity contribution is -0.139. The molecule has 2 aromatic rings. The third-order valence-corrected chi connectivity index (χ3v) is 7.14. The maximum atomic E-state index is 13.8. The molecule has 11 nitrogen and oxygen atoms in total. The van der Waals surface area contributed by atoms with Crippen LogP contribution in [-0.2, 0) is 21.5 Å². The number of amides is 1. The number of aliphatic carboxylic acids is 1. The van der Waals surface area contributed by atoms with Gasteiger partial charge in [-0.1, -0.05) is 20.8 Å². The minimum Gasteiger partial charge on any atom is -0.493 e. The Labute approximate surface area is 239 Å². The molecule has 0 bridgehead atoms. The lowest BCUT2D eigenvalue weighted by Crippen LogP contribution is -2.37. The summed E-state index contributed by atoms with van der Waals surface area (Å²) in [5.41, 5.74) is 3.11. The number of amidine groups is 1. The maximum Gasteiger partial charge on any atom is 0.341 e. The number of Topliss-reactive ketones (excluding diaryl/α,β-unsaturated/α-hetero) is 1. The highest BCUT2D eigenvalue weighted by Gasteiger charge is 2.31. The number of ether oxygens (including phenoxy) is 3. The van der Waals surface area contributed by atoms with Crippen molar-refractivity contribution in [2.24, 2.45) is 0 Å². The summed E-state index contributed by atoms with van der Waals surface area (Å²) in [5.74, 6) is -0.541. The molecule has 2 aliphatic rings. The smallest absolute Gasteiger partial charge is 0.341 e. The fraction of sp³-hybridized carbons (Fsp3) is 0.467. The van der Waals surface area contributed by atoms with E-state index in [9.17, 15) is 19.5 Å². The van der Waals surface area contributed by atoms with Gasteiger partial charge in [-0.05, 0) is 42.2 Å². The van der Waals surface area contributed by atoms with Crippen LogP contribution >= 0.6 is 0 Å². The van der Waals surface area contributed by atoms with Crippen LogP contribution in [0.4, 0.5) is 5.69 Å². The van der Waals surface area contributed by atoms with Crippen molar-refractivity contribution in [3.05, 3.63) is 52.1 Å². The van der Waals surface area contributed by atoms with Crippen molar-refractivity contribution in [1.29, 1.82) is 5.41 Å². The Morgan fingerprint density at radius 2 is 1.80 bits per heavy atom. The minimum absolute atomic E-state index is 0.0474. The van der Waals surface area contributed by atoms with Crippen molar-refractivity contribution >= 4 is 29.2 Å². The highest BCUT2D eigenvalue weighted by atomic mass is 16.5. The van der Waals surface area contributed by atoms with E-state index in [0.29, 0.717) is 73.3 Å². The maximum absolute atomic E-state index is 13.8. The number of rotatable bonds is 10. The Morgan fingerprint density at radius 1 is 1.10 bits per heavy atom. The van der Waals surface area contributed by atoms with E-state index < -0.39 is 18.0 Å². The molecule has 0 atom stereocenters. The van der Waals surface area contributed by atoms with Crippen LogP contribution in [0.2, 0.25) is 0 Å². The number of fused-ring (bicyclic) bond motifs is 1. The average molecular weight is 567 g/mol. The second kappa shape index (κ2) is 12.2. The van der Waals surface area contributed by atoms with E-state index in [2.05, 4.69) is 10.2 Å². The first kappa shape index (κ1) is 29.9. The molecule has 0 aromatic heterocycles. The topological polar surface area (TPSA) is 141 Å². The van der Waals surface area contributed by atoms with Gasteiger partial charge in [0.1, 0.15) is 17.3 Å². The highest BCUT2D eigenvalue weighted by molar-refractivity contribution is 6.08. The van der Waals surface area contributed by atoms with Crippen LogP contribution < -0.4 is 19.7 Å². The summed E-state index contributed by atoms with van der Waals surface area (Å²) in [7, 11) is 1.54. The second-order valence-electron chi connectivity index (χ2n) is 11.0. The lowest BCUT2D eigenvalue weighted by atomic mass is 9.84. The number of morpholine rings is 1. The molecule has 0 spiro atoms. The molecule has 2 heterocycles. The summed E-state index contributed by atoms with van der Waals surface area (Å²) in [6.07, 6.45) is 0. The number of carboxylic acids is 1. The summed E-state index contributed by atoms with van der Waals surface area (Å²) >= 11 is 0. The summed E-state index contributed by atoms with van der Waals surface area (Å²) in [6, 6.07) is 6.94. The summed E-state index contributed by atoms with van der Waals surface area (Å²) < 4.78 is 17.0. The second-order valence-corrected chi connectivity index (χ2v) is 11.0. The Bertz CT molecular complexity index is 1360. The van der Waals surface area contributed by atoms with Crippen molar-refractivity contribution in [1.82, 2.24) is 10.2 Å². The molecule has 0 radical (unpaired) electrons. The average Bonchev–Trinajstić information content (AvgIpc) is 3.24. The Morgan fingerprint density at radius 3 is 2.41 bits per heavy atom. The first-order valence-electron chi connectivity index (χ1n) is 13.7. The molecular weight excluding hydrogens is 528 g/mol. The number of nitrogens with zero attached hydrogens (tertiary/aromatic N) is 2. The molecule has 2 aromatic carbocycles. The van der Waals surface area contributed by atoms with Gasteiger partial charge in [0.2, 0.25) is 0 Å². The number of carboxylic acid groups (broad SMARTS) is 1. The Balaban J connectivity index is 1.68. The van der Waals surface area contributed by atoms with Crippen LogP contribution in [0.15, 0.2) is 24.3 Å². The first-order chi connectivity index (χ1) is 19.4. The van der Waals surface area contributed by atoms with E-state index in [0.717, 1.165) is 11.1 Å². The first-order valence-corrected chi connectivity index (χ1v) is 13.7. The summed E-state index contributed by atoms with van der Waals surface area (Å²) in [5, 5.41) is 20.7. The molecule has 3 N–H and O–H groups in total. The van der Waals surface area contributed by atoms with Crippen LogP contribution in [-0.4, -0.2) is 86.6 Å². The molecule has 11 heteroatoms. The van der Waals surface area contributed by atoms with Gasteiger partial charge in [0.25, 0.3) is 5.91 Å². The molecule has 41 heavy (non-hydrogen) atoms. The Hall–Kier alpha value is -4.12. The number of nitrogens with one attached hydrogen (secondary N) is 2. The highest BCUT2D eigenvalue weighted by Crippen LogP contribution is 2.41. The van der Waals surface area contributed by atoms with Crippen molar-refractivity contribution in [3.63, 3.8) is 0 Å². The minimum atomic E-state index is -1.09. The van der Waals surface area contributed by atoms with Gasteiger partial charge in [-0.3, -0.25) is 15.0 Å². The van der Waals surface area contributed by atoms with E-state index >= 15 is 0 Å². The largest absolute Gasteiger partial charge is 0.493 e. The molecule has 0 unspecified atom stereocenters. The SMILES string of the molecule is CCOc1cc2c(cc1C(=O)NC)C(=N)N(CC(=O)c1cc(N3CCOCC3)c(OCC(=O)O)c(C(C)(C)C)c1)C2. The molecule has 220 valence electrons. The monoisotopic (exact) mass is 566 g/mol. The zero-order valence-electron chi connectivity index (χ0n) is 24.3. The van der Waals surface area contributed by atoms with Gasteiger partial charge in [-0.2, -0.15) is 0 Å². The van der Waals surface area contributed by atoms with E-state index in [1.54, 1.807) is 29.2 Å². The number of benzene rings is 2. The third-order valence-electron chi connectivity index (χ3n) is 7.14. The van der Waals surface area contributed by atoms with E-state index in [-0.39, 0.29) is 24.1 Å². The van der Waals surface area contributed by atoms with Gasteiger partial charge in [0.05, 0.1) is 37.6 Å². The van der Waals surface area contributed by atoms with Gasteiger partial charge < -0.3 is 34.4 Å². The molecule has 4 rings (SSSR count). The van der Waals surface area contributed by atoms with E-state index in [1.807, 2.05) is 27.7 Å². The van der Waals surface area contributed by atoms with Crippen molar-refractivity contribution in [3.8, 4) is 11.5 Å². The number of ketones is 1. The number of hydrogen-bond donors (Lipinski definition) is 3. The zero-order chi connectivity index (χ0) is 29.9. The van der Waals surface area contributed by atoms with Gasteiger partial charge in [-0.15, -0.1) is 0 Å². The fourth-order valence-corrected chi connectivity index (χ4v) is 5.07. The predicted molar refractivity (Wildman–Crippen MR) is 154 cm³/mol. The van der Waals surface area contributed by atoms with Crippen LogP contribution in [0.1, 0.15) is 65.1 Å². The molecule has 2 aliphatic heterocycles. The van der Waals surface area contributed by atoms with Crippen LogP contribution in [0.25, 0.3) is 0 Å². The normalized spacial score (nSPS) is 15.0. The summed E-state index contributed by atoms with van der Waals surface area (Å²) in [4.78, 5) is 41.3. The number of carbonyl (C=O) groups excluding carboxylic acids is 2. The number of anilines is 1.